The fourth-order valence-corrected chi connectivity index (χ4v) is 2.43. The number of aromatic nitrogens is 2. The molecule has 3 N–H and O–H groups in total. The van der Waals surface area contributed by atoms with Crippen LogP contribution >= 0.6 is 23.2 Å². The van der Waals surface area contributed by atoms with Gasteiger partial charge in [0.1, 0.15) is 5.82 Å². The summed E-state index contributed by atoms with van der Waals surface area (Å²) in [5.74, 6) is 1.19. The molecule has 0 radical (unpaired) electrons. The Labute approximate surface area is 163 Å². The average Bonchev–Trinajstić information content (AvgIpc) is 2.55. The van der Waals surface area contributed by atoms with E-state index in [1.54, 1.807) is 30.1 Å². The summed E-state index contributed by atoms with van der Waals surface area (Å²) < 4.78 is 0. The second-order valence-corrected chi connectivity index (χ2v) is 6.89. The summed E-state index contributed by atoms with van der Waals surface area (Å²) in [7, 11) is 5.78. The zero-order chi connectivity index (χ0) is 19.3. The largest absolute Gasteiger partial charge is 0.369 e. The normalized spacial score (nSPS) is 10.7. The standard InChI is InChI=1S/C17H23Cl2N7/c1-11-9-15(21-7-8-25(2)3)23-17(22-11)24-16(20)26(4)12-5-6-13(18)14(19)10-12/h5-6,9-10H,7-8H2,1-4H3,(H3,20,21,22,23,24). The Hall–Kier alpha value is -2.09. The highest BCUT2D eigenvalue weighted by atomic mass is 35.5. The minimum Gasteiger partial charge on any atom is -0.369 e. The van der Waals surface area contributed by atoms with Crippen LogP contribution in [0.4, 0.5) is 17.5 Å². The van der Waals surface area contributed by atoms with Gasteiger partial charge in [0.15, 0.2) is 0 Å². The number of guanidine groups is 1. The molecule has 0 bridgehead atoms. The van der Waals surface area contributed by atoms with E-state index in [0.717, 1.165) is 24.5 Å². The Morgan fingerprint density at radius 2 is 1.85 bits per heavy atom. The van der Waals surface area contributed by atoms with E-state index in [1.165, 1.54) is 0 Å². The quantitative estimate of drug-likeness (QED) is 0.512. The molecule has 1 aromatic carbocycles. The van der Waals surface area contributed by atoms with E-state index < -0.39 is 0 Å². The number of hydrogen-bond acceptors (Lipinski definition) is 5. The first-order chi connectivity index (χ1) is 12.3. The minimum atomic E-state index is 0.119. The van der Waals surface area contributed by atoms with Crippen molar-refractivity contribution in [3.63, 3.8) is 0 Å². The van der Waals surface area contributed by atoms with Gasteiger partial charge in [0, 0.05) is 37.6 Å². The van der Waals surface area contributed by atoms with E-state index in [-0.39, 0.29) is 5.96 Å². The van der Waals surface area contributed by atoms with Gasteiger partial charge in [-0.1, -0.05) is 23.2 Å². The number of nitrogens with one attached hydrogen (secondary N) is 3. The van der Waals surface area contributed by atoms with Crippen molar-refractivity contribution < 1.29 is 0 Å². The number of halogens is 2. The second kappa shape index (κ2) is 9.02. The highest BCUT2D eigenvalue weighted by Crippen LogP contribution is 2.26. The number of anilines is 3. The highest BCUT2D eigenvalue weighted by Gasteiger charge is 2.11. The topological polar surface area (TPSA) is 80.2 Å². The Morgan fingerprint density at radius 1 is 1.12 bits per heavy atom. The van der Waals surface area contributed by atoms with E-state index in [4.69, 9.17) is 28.6 Å². The molecule has 2 rings (SSSR count). The molecule has 0 saturated heterocycles. The molecule has 1 aromatic heterocycles. The van der Waals surface area contributed by atoms with Gasteiger partial charge in [-0.15, -0.1) is 0 Å². The van der Waals surface area contributed by atoms with Crippen molar-refractivity contribution in [3.05, 3.63) is 40.0 Å². The fraction of sp³-hybridized carbons (Fsp3) is 0.353. The Kier molecular flexibility index (Phi) is 7.02. The lowest BCUT2D eigenvalue weighted by atomic mass is 10.3. The summed E-state index contributed by atoms with van der Waals surface area (Å²) in [4.78, 5) is 12.5. The molecule has 0 unspecified atom stereocenters. The van der Waals surface area contributed by atoms with Gasteiger partial charge in [-0.05, 0) is 39.2 Å². The molecule has 26 heavy (non-hydrogen) atoms. The van der Waals surface area contributed by atoms with Crippen molar-refractivity contribution >= 4 is 46.6 Å². The molecular formula is C17H23Cl2N7. The number of nitrogens with zero attached hydrogens (tertiary/aromatic N) is 4. The van der Waals surface area contributed by atoms with Crippen LogP contribution in [0, 0.1) is 12.3 Å². The molecule has 0 saturated carbocycles. The van der Waals surface area contributed by atoms with Crippen molar-refractivity contribution in [3.8, 4) is 0 Å². The average molecular weight is 396 g/mol. The smallest absolute Gasteiger partial charge is 0.231 e. The van der Waals surface area contributed by atoms with Crippen LogP contribution in [0.3, 0.4) is 0 Å². The molecule has 0 amide bonds. The maximum atomic E-state index is 8.26. The van der Waals surface area contributed by atoms with E-state index in [9.17, 15) is 0 Å². The van der Waals surface area contributed by atoms with Crippen LogP contribution < -0.4 is 15.5 Å². The predicted octanol–water partition coefficient (Wildman–Crippen LogP) is 3.55. The minimum absolute atomic E-state index is 0.119. The fourth-order valence-electron chi connectivity index (χ4n) is 2.14. The molecule has 0 aliphatic carbocycles. The van der Waals surface area contributed by atoms with Gasteiger partial charge in [-0.2, -0.15) is 4.98 Å². The van der Waals surface area contributed by atoms with E-state index in [2.05, 4.69) is 25.5 Å². The van der Waals surface area contributed by atoms with Crippen LogP contribution in [0.5, 0.6) is 0 Å². The summed E-state index contributed by atoms with van der Waals surface area (Å²) in [5, 5.41) is 15.3. The predicted molar refractivity (Wildman–Crippen MR) is 110 cm³/mol. The van der Waals surface area contributed by atoms with Crippen LogP contribution in [0.2, 0.25) is 10.0 Å². The molecule has 1 heterocycles. The summed E-state index contributed by atoms with van der Waals surface area (Å²) >= 11 is 12.0. The Morgan fingerprint density at radius 3 is 2.50 bits per heavy atom. The van der Waals surface area contributed by atoms with Crippen molar-refractivity contribution in [2.75, 3.05) is 49.8 Å². The van der Waals surface area contributed by atoms with Gasteiger partial charge >= 0.3 is 0 Å². The number of hydrogen-bond donors (Lipinski definition) is 3. The van der Waals surface area contributed by atoms with Gasteiger partial charge in [-0.25, -0.2) is 4.98 Å². The second-order valence-electron chi connectivity index (χ2n) is 6.08. The first-order valence-electron chi connectivity index (χ1n) is 8.05. The molecule has 0 aliphatic rings. The maximum Gasteiger partial charge on any atom is 0.231 e. The van der Waals surface area contributed by atoms with Crippen molar-refractivity contribution in [2.45, 2.75) is 6.92 Å². The van der Waals surface area contributed by atoms with E-state index in [1.807, 2.05) is 27.1 Å². The Balaban J connectivity index is 2.07. The highest BCUT2D eigenvalue weighted by molar-refractivity contribution is 6.42. The van der Waals surface area contributed by atoms with Crippen LogP contribution in [-0.4, -0.2) is 55.1 Å². The number of benzene rings is 1. The summed E-state index contributed by atoms with van der Waals surface area (Å²) in [6, 6.07) is 7.05. The zero-order valence-corrected chi connectivity index (χ0v) is 16.8. The van der Waals surface area contributed by atoms with Crippen LogP contribution in [0.1, 0.15) is 5.69 Å². The van der Waals surface area contributed by atoms with Gasteiger partial charge in [0.25, 0.3) is 0 Å². The molecule has 0 atom stereocenters. The van der Waals surface area contributed by atoms with Gasteiger partial charge in [-0.3, -0.25) is 10.7 Å². The summed E-state index contributed by atoms with van der Waals surface area (Å²) in [5.41, 5.74) is 1.54. The maximum absolute atomic E-state index is 8.26. The zero-order valence-electron chi connectivity index (χ0n) is 15.3. The van der Waals surface area contributed by atoms with Crippen molar-refractivity contribution in [1.82, 2.24) is 14.9 Å². The van der Waals surface area contributed by atoms with Crippen LogP contribution in [-0.2, 0) is 0 Å². The number of rotatable bonds is 6. The third-order valence-electron chi connectivity index (χ3n) is 3.58. The van der Waals surface area contributed by atoms with Crippen molar-refractivity contribution in [2.24, 2.45) is 0 Å². The SMILES string of the molecule is Cc1cc(NCCN(C)C)nc(NC(=N)N(C)c2ccc(Cl)c(Cl)c2)n1. The number of aryl methyl sites for hydroxylation is 1. The van der Waals surface area contributed by atoms with Gasteiger partial charge < -0.3 is 15.1 Å². The summed E-state index contributed by atoms with van der Waals surface area (Å²) in [6.45, 7) is 3.54. The molecule has 2 aromatic rings. The molecule has 9 heteroatoms. The molecule has 0 fully saturated rings. The van der Waals surface area contributed by atoms with E-state index in [0.29, 0.717) is 21.8 Å². The number of likely N-dealkylation sites (N-methyl/N-ethyl adjacent to an activating group) is 1. The molecule has 0 aliphatic heterocycles. The lowest BCUT2D eigenvalue weighted by Gasteiger charge is -2.21. The van der Waals surface area contributed by atoms with E-state index >= 15 is 0 Å². The lowest BCUT2D eigenvalue weighted by Crippen LogP contribution is -2.32. The third kappa shape index (κ3) is 5.72. The Bertz CT molecular complexity index is 780. The monoisotopic (exact) mass is 395 g/mol. The van der Waals surface area contributed by atoms with Crippen LogP contribution in [0.15, 0.2) is 24.3 Å². The van der Waals surface area contributed by atoms with Crippen LogP contribution in [0.25, 0.3) is 0 Å². The third-order valence-corrected chi connectivity index (χ3v) is 4.31. The van der Waals surface area contributed by atoms with Gasteiger partial charge in [0.05, 0.1) is 10.0 Å². The first kappa shape index (κ1) is 20.2. The van der Waals surface area contributed by atoms with Gasteiger partial charge in [0.2, 0.25) is 11.9 Å². The van der Waals surface area contributed by atoms with Crippen molar-refractivity contribution in [1.29, 1.82) is 5.41 Å². The first-order valence-corrected chi connectivity index (χ1v) is 8.80. The molecular weight excluding hydrogens is 373 g/mol. The summed E-state index contributed by atoms with van der Waals surface area (Å²) in [6.07, 6.45) is 0. The molecule has 7 nitrogen and oxygen atoms in total. The molecule has 0 spiro atoms. The lowest BCUT2D eigenvalue weighted by molar-refractivity contribution is 0.425. The molecule has 140 valence electrons.